The van der Waals surface area contributed by atoms with E-state index >= 15 is 0 Å². The highest BCUT2D eigenvalue weighted by Gasteiger charge is 2.55. The van der Waals surface area contributed by atoms with E-state index in [9.17, 15) is 18.4 Å². The lowest BCUT2D eigenvalue weighted by Crippen LogP contribution is -2.41. The van der Waals surface area contributed by atoms with E-state index in [2.05, 4.69) is 33.3 Å². The Labute approximate surface area is 273 Å². The molecular formula is C37H47F3N2O3S. The molecule has 5 aliphatic rings. The summed E-state index contributed by atoms with van der Waals surface area (Å²) >= 11 is 0. The Morgan fingerprint density at radius 3 is 2.28 bits per heavy atom. The van der Waals surface area contributed by atoms with Gasteiger partial charge in [0.25, 0.3) is 0 Å². The summed E-state index contributed by atoms with van der Waals surface area (Å²) in [5.74, 6) is 0.176. The molecule has 250 valence electrons. The van der Waals surface area contributed by atoms with Crippen LogP contribution in [0.3, 0.4) is 0 Å². The van der Waals surface area contributed by atoms with E-state index in [-0.39, 0.29) is 27.7 Å². The minimum atomic E-state index is -4.61. The van der Waals surface area contributed by atoms with Gasteiger partial charge in [0.15, 0.2) is 0 Å². The summed E-state index contributed by atoms with van der Waals surface area (Å²) in [5.41, 5.74) is 4.59. The van der Waals surface area contributed by atoms with Gasteiger partial charge < -0.3 is 13.7 Å². The first-order valence-corrected chi connectivity index (χ1v) is 19.4. The van der Waals surface area contributed by atoms with Crippen LogP contribution in [0, 0.1) is 16.7 Å². The van der Waals surface area contributed by atoms with Crippen molar-refractivity contribution in [2.75, 3.05) is 25.7 Å². The molecule has 1 aromatic heterocycles. The number of rotatable bonds is 4. The van der Waals surface area contributed by atoms with Crippen molar-refractivity contribution >= 4 is 10.3 Å². The summed E-state index contributed by atoms with van der Waals surface area (Å²) in [6.07, 6.45) is 10.2. The average molecular weight is 657 g/mol. The molecule has 0 amide bonds. The number of halogens is 3. The monoisotopic (exact) mass is 656 g/mol. The Morgan fingerprint density at radius 2 is 1.70 bits per heavy atom. The van der Waals surface area contributed by atoms with Crippen molar-refractivity contribution in [3.8, 4) is 6.07 Å². The molecular weight excluding hydrogens is 609 g/mol. The van der Waals surface area contributed by atoms with Gasteiger partial charge >= 0.3 is 6.18 Å². The third kappa shape index (κ3) is 5.30. The van der Waals surface area contributed by atoms with E-state index in [1.54, 1.807) is 0 Å². The van der Waals surface area contributed by atoms with Crippen LogP contribution in [-0.4, -0.2) is 35.5 Å². The normalized spacial score (nSPS) is 26.1. The number of hydrogen-bond acceptors (Lipinski definition) is 5. The van der Waals surface area contributed by atoms with Crippen molar-refractivity contribution in [1.82, 2.24) is 4.98 Å². The number of aromatic nitrogens is 1. The van der Waals surface area contributed by atoms with Gasteiger partial charge in [-0.05, 0) is 92.6 Å². The SMILES string of the molecule is CC(C)(C)S(C)(C)OC1CC2(CCC2)Cc2nc(C3CCOCC3)c3c(c21)C1(CCCC1)OC3c1ccc(C(F)(F)F)c(C#N)c1. The largest absolute Gasteiger partial charge is 0.417 e. The smallest absolute Gasteiger partial charge is 0.381 e. The van der Waals surface area contributed by atoms with Gasteiger partial charge in [-0.15, -0.1) is 10.3 Å². The van der Waals surface area contributed by atoms with E-state index in [4.69, 9.17) is 18.6 Å². The molecule has 3 aliphatic carbocycles. The highest BCUT2D eigenvalue weighted by atomic mass is 32.3. The predicted octanol–water partition coefficient (Wildman–Crippen LogP) is 9.71. The molecule has 1 saturated heterocycles. The first-order valence-electron chi connectivity index (χ1n) is 17.0. The van der Waals surface area contributed by atoms with Gasteiger partial charge in [-0.1, -0.05) is 46.1 Å². The molecule has 0 N–H and O–H groups in total. The van der Waals surface area contributed by atoms with Crippen LogP contribution in [0.4, 0.5) is 13.2 Å². The van der Waals surface area contributed by atoms with Gasteiger partial charge in [0, 0.05) is 40.7 Å². The zero-order valence-electron chi connectivity index (χ0n) is 27.8. The minimum Gasteiger partial charge on any atom is -0.381 e. The van der Waals surface area contributed by atoms with Gasteiger partial charge in [-0.2, -0.15) is 18.4 Å². The maximum absolute atomic E-state index is 13.9. The van der Waals surface area contributed by atoms with E-state index in [0.717, 1.165) is 74.4 Å². The summed E-state index contributed by atoms with van der Waals surface area (Å²) in [5, 5.41) is 9.82. The zero-order chi connectivity index (χ0) is 32.7. The van der Waals surface area contributed by atoms with Gasteiger partial charge in [-0.3, -0.25) is 4.98 Å². The van der Waals surface area contributed by atoms with Crippen molar-refractivity contribution in [3.63, 3.8) is 0 Å². The van der Waals surface area contributed by atoms with Gasteiger partial charge in [-0.25, -0.2) is 0 Å². The maximum atomic E-state index is 13.9. The standard InChI is InChI=1S/C37H47F3N2O3S/c1-34(2,3)46(4,5)45-28-21-35(13-8-14-35)20-27-29(28)31-30(32(42-27)23-11-17-43-18-12-23)33(44-36(31)15-6-7-16-36)24-9-10-26(37(38,39)40)25(19-24)22-41/h9-10,19,23,28,33H,6-8,11-18,20-21H2,1-5H3. The number of benzene rings is 1. The second kappa shape index (κ2) is 11.2. The lowest BCUT2D eigenvalue weighted by atomic mass is 9.59. The maximum Gasteiger partial charge on any atom is 0.417 e. The predicted molar refractivity (Wildman–Crippen MR) is 174 cm³/mol. The van der Waals surface area contributed by atoms with E-state index in [1.807, 2.05) is 6.07 Å². The van der Waals surface area contributed by atoms with Crippen LogP contribution in [-0.2, 0) is 31.9 Å². The van der Waals surface area contributed by atoms with Crippen molar-refractivity contribution in [1.29, 1.82) is 5.26 Å². The zero-order valence-corrected chi connectivity index (χ0v) is 28.6. The quantitative estimate of drug-likeness (QED) is 0.328. The Kier molecular flexibility index (Phi) is 7.91. The first-order chi connectivity index (χ1) is 21.7. The third-order valence-corrected chi connectivity index (χ3v) is 15.6. The number of nitriles is 1. The third-order valence-electron chi connectivity index (χ3n) is 12.0. The van der Waals surface area contributed by atoms with Crippen molar-refractivity contribution < 1.29 is 26.8 Å². The fourth-order valence-corrected chi connectivity index (χ4v) is 9.69. The second-order valence-electron chi connectivity index (χ2n) is 15.8. The molecule has 0 bridgehead atoms. The summed E-state index contributed by atoms with van der Waals surface area (Å²) in [4.78, 5) is 5.61. The number of hydrogen-bond donors (Lipinski definition) is 0. The van der Waals surface area contributed by atoms with Crippen LogP contribution in [0.15, 0.2) is 18.2 Å². The number of pyridine rings is 1. The lowest BCUT2D eigenvalue weighted by Gasteiger charge is -2.53. The molecule has 3 fully saturated rings. The molecule has 2 unspecified atom stereocenters. The number of ether oxygens (including phenoxy) is 2. The number of alkyl halides is 3. The highest BCUT2D eigenvalue weighted by Crippen LogP contribution is 2.66. The van der Waals surface area contributed by atoms with Crippen LogP contribution < -0.4 is 0 Å². The van der Waals surface area contributed by atoms with Crippen LogP contribution in [0.25, 0.3) is 0 Å². The topological polar surface area (TPSA) is 64.4 Å². The molecule has 1 aromatic carbocycles. The molecule has 7 rings (SSSR count). The molecule has 5 nitrogen and oxygen atoms in total. The molecule has 0 radical (unpaired) electrons. The Balaban J connectivity index is 1.47. The molecule has 46 heavy (non-hydrogen) atoms. The van der Waals surface area contributed by atoms with E-state index in [1.165, 1.54) is 42.5 Å². The number of nitrogens with zero attached hydrogens (tertiary/aromatic N) is 2. The molecule has 2 saturated carbocycles. The summed E-state index contributed by atoms with van der Waals surface area (Å²) in [7, 11) is -1.48. The fraction of sp³-hybridized carbons (Fsp3) is 0.676. The Bertz CT molecular complexity index is 1560. The summed E-state index contributed by atoms with van der Waals surface area (Å²) in [6.45, 7) is 8.10. The summed E-state index contributed by atoms with van der Waals surface area (Å²) < 4.78 is 61.9. The minimum absolute atomic E-state index is 0.0198. The fourth-order valence-electron chi connectivity index (χ4n) is 8.66. The molecule has 2 atom stereocenters. The van der Waals surface area contributed by atoms with Gasteiger partial charge in [0.05, 0.1) is 34.6 Å². The van der Waals surface area contributed by atoms with Crippen LogP contribution in [0.1, 0.15) is 148 Å². The van der Waals surface area contributed by atoms with Crippen LogP contribution >= 0.6 is 10.3 Å². The Morgan fingerprint density at radius 1 is 1.00 bits per heavy atom. The number of fused-ring (bicyclic) bond motifs is 4. The second-order valence-corrected chi connectivity index (χ2v) is 19.7. The molecule has 9 heteroatoms. The molecule has 2 spiro atoms. The van der Waals surface area contributed by atoms with Crippen LogP contribution in [0.2, 0.25) is 0 Å². The first kappa shape index (κ1) is 32.4. The van der Waals surface area contributed by atoms with E-state index in [0.29, 0.717) is 18.8 Å². The highest BCUT2D eigenvalue weighted by molar-refractivity contribution is 8.29. The molecule has 2 aromatic rings. The van der Waals surface area contributed by atoms with Crippen LogP contribution in [0.5, 0.6) is 0 Å². The van der Waals surface area contributed by atoms with Crippen molar-refractivity contribution in [2.45, 2.75) is 126 Å². The molecule has 3 heterocycles. The van der Waals surface area contributed by atoms with E-state index < -0.39 is 33.8 Å². The van der Waals surface area contributed by atoms with Crippen molar-refractivity contribution in [3.05, 3.63) is 63.0 Å². The molecule has 2 aliphatic heterocycles. The van der Waals surface area contributed by atoms with Gasteiger partial charge in [0.1, 0.15) is 6.10 Å². The average Bonchev–Trinajstić information content (AvgIpc) is 3.59. The lowest BCUT2D eigenvalue weighted by molar-refractivity contribution is -0.137. The van der Waals surface area contributed by atoms with Gasteiger partial charge in [0.2, 0.25) is 0 Å². The summed E-state index contributed by atoms with van der Waals surface area (Å²) in [6, 6.07) is 5.80. The Hall–Kier alpha value is -2.12. The van der Waals surface area contributed by atoms with Crippen molar-refractivity contribution in [2.24, 2.45) is 5.41 Å².